The maximum absolute atomic E-state index is 12.2. The lowest BCUT2D eigenvalue weighted by Crippen LogP contribution is -2.44. The van der Waals surface area contributed by atoms with Crippen molar-refractivity contribution in [1.29, 1.82) is 0 Å². The standard InChI is InChI=1S/C19H22N4O4/c1-11-12(2)21-16-9-13(7-8-15(16)20-11)18(25)27-10-17(24)23-19(26)22-14-5-3-4-6-14/h7-9,14H,3-6,10H2,1-2H3,(H2,22,23,24,26). The zero-order valence-corrected chi connectivity index (χ0v) is 15.4. The summed E-state index contributed by atoms with van der Waals surface area (Å²) in [6, 6.07) is 4.36. The predicted octanol–water partition coefficient (Wildman–Crippen LogP) is 2.17. The Bertz CT molecular complexity index is 891. The second-order valence-corrected chi connectivity index (χ2v) is 6.68. The van der Waals surface area contributed by atoms with Crippen molar-refractivity contribution in [2.24, 2.45) is 0 Å². The average molecular weight is 370 g/mol. The van der Waals surface area contributed by atoms with E-state index in [1.807, 2.05) is 13.8 Å². The number of esters is 1. The molecule has 27 heavy (non-hydrogen) atoms. The number of aryl methyl sites for hydroxylation is 2. The SMILES string of the molecule is Cc1nc2ccc(C(=O)OCC(=O)NC(=O)NC3CCCC3)cc2nc1C. The maximum atomic E-state index is 12.2. The summed E-state index contributed by atoms with van der Waals surface area (Å²) in [5, 5.41) is 4.90. The van der Waals surface area contributed by atoms with E-state index in [0.717, 1.165) is 37.1 Å². The number of amides is 3. The van der Waals surface area contributed by atoms with Crippen LogP contribution in [0.15, 0.2) is 18.2 Å². The van der Waals surface area contributed by atoms with E-state index < -0.39 is 24.5 Å². The molecule has 1 heterocycles. The first-order valence-corrected chi connectivity index (χ1v) is 8.95. The lowest BCUT2D eigenvalue weighted by molar-refractivity contribution is -0.123. The summed E-state index contributed by atoms with van der Waals surface area (Å²) in [4.78, 5) is 44.5. The number of carbonyl (C=O) groups is 3. The molecule has 2 aromatic rings. The molecule has 0 aliphatic heterocycles. The van der Waals surface area contributed by atoms with Gasteiger partial charge in [0.15, 0.2) is 6.61 Å². The molecular weight excluding hydrogens is 348 g/mol. The highest BCUT2D eigenvalue weighted by molar-refractivity contribution is 5.98. The summed E-state index contributed by atoms with van der Waals surface area (Å²) in [5.41, 5.74) is 3.12. The fourth-order valence-corrected chi connectivity index (χ4v) is 3.03. The summed E-state index contributed by atoms with van der Waals surface area (Å²) in [6.45, 7) is 3.17. The second-order valence-electron chi connectivity index (χ2n) is 6.68. The van der Waals surface area contributed by atoms with Crippen LogP contribution in [0.25, 0.3) is 11.0 Å². The molecule has 1 aliphatic rings. The van der Waals surface area contributed by atoms with Crippen molar-refractivity contribution in [3.8, 4) is 0 Å². The molecule has 8 nitrogen and oxygen atoms in total. The zero-order valence-electron chi connectivity index (χ0n) is 15.4. The summed E-state index contributed by atoms with van der Waals surface area (Å²) in [7, 11) is 0. The molecule has 0 unspecified atom stereocenters. The van der Waals surface area contributed by atoms with Crippen molar-refractivity contribution in [3.63, 3.8) is 0 Å². The fraction of sp³-hybridized carbons (Fsp3) is 0.421. The number of nitrogens with zero attached hydrogens (tertiary/aromatic N) is 2. The molecule has 3 rings (SSSR count). The molecule has 1 aromatic carbocycles. The summed E-state index contributed by atoms with van der Waals surface area (Å²) >= 11 is 0. The predicted molar refractivity (Wildman–Crippen MR) is 98.2 cm³/mol. The minimum Gasteiger partial charge on any atom is -0.452 e. The highest BCUT2D eigenvalue weighted by Gasteiger charge is 2.19. The number of nitrogens with one attached hydrogen (secondary N) is 2. The first-order valence-electron chi connectivity index (χ1n) is 8.95. The number of imide groups is 1. The van der Waals surface area contributed by atoms with Crippen LogP contribution < -0.4 is 10.6 Å². The number of urea groups is 1. The van der Waals surface area contributed by atoms with E-state index in [-0.39, 0.29) is 11.6 Å². The number of rotatable bonds is 4. The Hall–Kier alpha value is -3.03. The minimum atomic E-state index is -0.675. The summed E-state index contributed by atoms with van der Waals surface area (Å²) in [5.74, 6) is -1.34. The fourth-order valence-electron chi connectivity index (χ4n) is 3.03. The molecule has 1 saturated carbocycles. The van der Waals surface area contributed by atoms with Gasteiger partial charge in [-0.05, 0) is 44.9 Å². The number of hydrogen-bond acceptors (Lipinski definition) is 6. The third-order valence-electron chi connectivity index (χ3n) is 4.59. The molecule has 8 heteroatoms. The Labute approximate surface area is 156 Å². The van der Waals surface area contributed by atoms with Crippen LogP contribution in [0.2, 0.25) is 0 Å². The monoisotopic (exact) mass is 370 g/mol. The van der Waals surface area contributed by atoms with Crippen LogP contribution >= 0.6 is 0 Å². The van der Waals surface area contributed by atoms with E-state index in [0.29, 0.717) is 11.0 Å². The molecule has 0 spiro atoms. The molecular formula is C19H22N4O4. The van der Waals surface area contributed by atoms with Crippen LogP contribution in [0.1, 0.15) is 47.4 Å². The summed E-state index contributed by atoms with van der Waals surface area (Å²) in [6.07, 6.45) is 3.98. The van der Waals surface area contributed by atoms with Crippen molar-refractivity contribution in [2.45, 2.75) is 45.6 Å². The number of fused-ring (bicyclic) bond motifs is 1. The number of ether oxygens (including phenoxy) is 1. The van der Waals surface area contributed by atoms with E-state index in [1.165, 1.54) is 0 Å². The van der Waals surface area contributed by atoms with E-state index in [2.05, 4.69) is 20.6 Å². The van der Waals surface area contributed by atoms with Crippen LogP contribution in [0.3, 0.4) is 0 Å². The molecule has 0 saturated heterocycles. The van der Waals surface area contributed by atoms with Gasteiger partial charge in [-0.3, -0.25) is 10.1 Å². The van der Waals surface area contributed by atoms with Gasteiger partial charge in [0, 0.05) is 6.04 Å². The Morgan fingerprint density at radius 1 is 1.07 bits per heavy atom. The Morgan fingerprint density at radius 3 is 2.44 bits per heavy atom. The third-order valence-corrected chi connectivity index (χ3v) is 4.59. The van der Waals surface area contributed by atoms with Crippen LogP contribution in [0.4, 0.5) is 4.79 Å². The van der Waals surface area contributed by atoms with Crippen molar-refractivity contribution in [3.05, 3.63) is 35.2 Å². The van der Waals surface area contributed by atoms with Gasteiger partial charge in [-0.15, -0.1) is 0 Å². The number of carbonyl (C=O) groups excluding carboxylic acids is 3. The normalized spacial score (nSPS) is 14.1. The van der Waals surface area contributed by atoms with E-state index in [9.17, 15) is 14.4 Å². The van der Waals surface area contributed by atoms with Gasteiger partial charge in [0.1, 0.15) is 0 Å². The molecule has 142 valence electrons. The van der Waals surface area contributed by atoms with E-state index in [1.54, 1.807) is 18.2 Å². The van der Waals surface area contributed by atoms with Gasteiger partial charge in [0.2, 0.25) is 0 Å². The van der Waals surface area contributed by atoms with Gasteiger partial charge in [0.25, 0.3) is 5.91 Å². The van der Waals surface area contributed by atoms with E-state index >= 15 is 0 Å². The molecule has 0 atom stereocenters. The van der Waals surface area contributed by atoms with Gasteiger partial charge in [0.05, 0.1) is 28.0 Å². The molecule has 1 aliphatic carbocycles. The lowest BCUT2D eigenvalue weighted by atomic mass is 10.2. The number of hydrogen-bond donors (Lipinski definition) is 2. The number of benzene rings is 1. The highest BCUT2D eigenvalue weighted by Crippen LogP contribution is 2.17. The molecule has 3 amide bonds. The topological polar surface area (TPSA) is 110 Å². The van der Waals surface area contributed by atoms with Crippen molar-refractivity contribution in [1.82, 2.24) is 20.6 Å². The van der Waals surface area contributed by atoms with Crippen molar-refractivity contribution >= 4 is 28.9 Å². The van der Waals surface area contributed by atoms with Crippen LogP contribution in [-0.2, 0) is 9.53 Å². The quantitative estimate of drug-likeness (QED) is 0.798. The Morgan fingerprint density at radius 2 is 1.74 bits per heavy atom. The highest BCUT2D eigenvalue weighted by atomic mass is 16.5. The van der Waals surface area contributed by atoms with Gasteiger partial charge in [-0.1, -0.05) is 12.8 Å². The average Bonchev–Trinajstić information content (AvgIpc) is 3.13. The van der Waals surface area contributed by atoms with Gasteiger partial charge in [-0.2, -0.15) is 0 Å². The van der Waals surface area contributed by atoms with Crippen molar-refractivity contribution in [2.75, 3.05) is 6.61 Å². The first-order chi connectivity index (χ1) is 12.9. The van der Waals surface area contributed by atoms with Crippen LogP contribution in [0.5, 0.6) is 0 Å². The molecule has 0 radical (unpaired) electrons. The maximum Gasteiger partial charge on any atom is 0.338 e. The van der Waals surface area contributed by atoms with Crippen LogP contribution in [0, 0.1) is 13.8 Å². The molecule has 1 fully saturated rings. The molecule has 2 N–H and O–H groups in total. The van der Waals surface area contributed by atoms with Gasteiger partial charge < -0.3 is 10.1 Å². The Balaban J connectivity index is 1.53. The largest absolute Gasteiger partial charge is 0.452 e. The van der Waals surface area contributed by atoms with Gasteiger partial charge in [-0.25, -0.2) is 19.6 Å². The van der Waals surface area contributed by atoms with Crippen molar-refractivity contribution < 1.29 is 19.1 Å². The second kappa shape index (κ2) is 8.11. The third kappa shape index (κ3) is 4.78. The smallest absolute Gasteiger partial charge is 0.338 e. The van der Waals surface area contributed by atoms with E-state index in [4.69, 9.17) is 4.74 Å². The minimum absolute atomic E-state index is 0.103. The Kier molecular flexibility index (Phi) is 5.63. The molecule has 1 aromatic heterocycles. The van der Waals surface area contributed by atoms with Gasteiger partial charge >= 0.3 is 12.0 Å². The van der Waals surface area contributed by atoms with Crippen LogP contribution in [-0.4, -0.2) is 40.5 Å². The lowest BCUT2D eigenvalue weighted by Gasteiger charge is -2.12. The first kappa shape index (κ1) is 18.8. The summed E-state index contributed by atoms with van der Waals surface area (Å²) < 4.78 is 4.98. The zero-order chi connectivity index (χ0) is 19.4. The molecule has 0 bridgehead atoms. The number of aromatic nitrogens is 2.